The monoisotopic (exact) mass is 470 g/mol. The van der Waals surface area contributed by atoms with Crippen LogP contribution in [0.1, 0.15) is 12.1 Å². The fourth-order valence-corrected chi connectivity index (χ4v) is 3.51. The molecule has 11 heteroatoms. The third-order valence-corrected chi connectivity index (χ3v) is 5.23. The number of pyridine rings is 1. The van der Waals surface area contributed by atoms with Crippen LogP contribution in [-0.4, -0.2) is 24.5 Å². The average Bonchev–Trinajstić information content (AvgIpc) is 3.23. The van der Waals surface area contributed by atoms with Crippen molar-refractivity contribution in [3.8, 4) is 11.5 Å². The summed E-state index contributed by atoms with van der Waals surface area (Å²) in [5, 5.41) is 3.19. The van der Waals surface area contributed by atoms with Crippen LogP contribution in [0.2, 0.25) is 5.15 Å². The SMILES string of the molecule is Cc1c(Oc2ccc3c(c2)ncn3C(F)F)ccc(Nc2ncnc3ccc(Cl)nc23)c1F. The largest absolute Gasteiger partial charge is 0.457 e. The number of anilines is 2. The molecule has 166 valence electrons. The molecule has 0 bridgehead atoms. The van der Waals surface area contributed by atoms with Gasteiger partial charge in [-0.15, -0.1) is 0 Å². The number of alkyl halides is 2. The minimum absolute atomic E-state index is 0.160. The van der Waals surface area contributed by atoms with Crippen LogP contribution in [0.25, 0.3) is 22.1 Å². The molecule has 0 aliphatic carbocycles. The van der Waals surface area contributed by atoms with Gasteiger partial charge in [-0.1, -0.05) is 11.6 Å². The molecule has 0 radical (unpaired) electrons. The summed E-state index contributed by atoms with van der Waals surface area (Å²) in [6.07, 6.45) is 2.40. The van der Waals surface area contributed by atoms with Gasteiger partial charge in [-0.25, -0.2) is 24.3 Å². The Kier molecular flexibility index (Phi) is 5.21. The number of imidazole rings is 1. The smallest absolute Gasteiger partial charge is 0.320 e. The van der Waals surface area contributed by atoms with Crippen LogP contribution in [0.5, 0.6) is 11.5 Å². The van der Waals surface area contributed by atoms with Gasteiger partial charge >= 0.3 is 6.55 Å². The fourth-order valence-electron chi connectivity index (χ4n) is 3.37. The second-order valence-corrected chi connectivity index (χ2v) is 7.47. The molecule has 0 aliphatic heterocycles. The van der Waals surface area contributed by atoms with Crippen molar-refractivity contribution in [3.05, 3.63) is 71.7 Å². The van der Waals surface area contributed by atoms with E-state index < -0.39 is 12.4 Å². The van der Waals surface area contributed by atoms with Crippen molar-refractivity contribution in [1.82, 2.24) is 24.5 Å². The molecule has 0 atom stereocenters. The number of aromatic nitrogens is 5. The Labute approximate surface area is 189 Å². The van der Waals surface area contributed by atoms with Crippen LogP contribution >= 0.6 is 11.6 Å². The predicted octanol–water partition coefficient (Wildman–Crippen LogP) is 6.41. The quantitative estimate of drug-likeness (QED) is 0.299. The first-order valence-electron chi connectivity index (χ1n) is 9.66. The van der Waals surface area contributed by atoms with Crippen LogP contribution in [-0.2, 0) is 0 Å². The van der Waals surface area contributed by atoms with Crippen molar-refractivity contribution in [2.45, 2.75) is 13.5 Å². The molecule has 0 aliphatic rings. The van der Waals surface area contributed by atoms with Crippen LogP contribution in [0, 0.1) is 12.7 Å². The standard InChI is InChI=1S/C22H14ClF3N6O/c1-11-17(33-12-2-5-16-15(8-12)29-10-32(16)22(25)26)6-3-13(19(11)24)30-21-20-14(27-9-28-21)4-7-18(23)31-20/h2-10,22H,1H3,(H,27,28,30). The van der Waals surface area contributed by atoms with Gasteiger partial charge in [0.25, 0.3) is 0 Å². The summed E-state index contributed by atoms with van der Waals surface area (Å²) >= 11 is 5.97. The van der Waals surface area contributed by atoms with E-state index in [0.29, 0.717) is 28.1 Å². The molecule has 5 aromatic rings. The number of hydrogen-bond donors (Lipinski definition) is 1. The first-order chi connectivity index (χ1) is 15.9. The number of ether oxygens (including phenoxy) is 1. The third-order valence-electron chi connectivity index (χ3n) is 5.02. The Balaban J connectivity index is 1.44. The Morgan fingerprint density at radius 3 is 2.70 bits per heavy atom. The van der Waals surface area contributed by atoms with Crippen LogP contribution in [0.3, 0.4) is 0 Å². The molecule has 33 heavy (non-hydrogen) atoms. The second-order valence-electron chi connectivity index (χ2n) is 7.08. The Morgan fingerprint density at radius 1 is 1.03 bits per heavy atom. The Bertz CT molecular complexity index is 1510. The summed E-state index contributed by atoms with van der Waals surface area (Å²) in [5.74, 6) is 0.351. The molecule has 0 spiro atoms. The second kappa shape index (κ2) is 8.21. The van der Waals surface area contributed by atoms with Crippen molar-refractivity contribution >= 4 is 45.2 Å². The Hall–Kier alpha value is -3.92. The van der Waals surface area contributed by atoms with Gasteiger partial charge in [0.1, 0.15) is 34.8 Å². The van der Waals surface area contributed by atoms with E-state index in [1.165, 1.54) is 30.6 Å². The lowest BCUT2D eigenvalue weighted by atomic mass is 10.1. The maximum absolute atomic E-state index is 15.1. The summed E-state index contributed by atoms with van der Waals surface area (Å²) in [6.45, 7) is -1.14. The van der Waals surface area contributed by atoms with Crippen molar-refractivity contribution in [1.29, 1.82) is 0 Å². The highest BCUT2D eigenvalue weighted by molar-refractivity contribution is 6.29. The van der Waals surface area contributed by atoms with E-state index in [1.807, 2.05) is 0 Å². The lowest BCUT2D eigenvalue weighted by molar-refractivity contribution is 0.0746. The molecule has 3 heterocycles. The summed E-state index contributed by atoms with van der Waals surface area (Å²) in [6, 6.07) is 10.9. The fraction of sp³-hybridized carbons (Fsp3) is 0.0909. The van der Waals surface area contributed by atoms with Gasteiger partial charge in [0, 0.05) is 11.6 Å². The van der Waals surface area contributed by atoms with Gasteiger partial charge < -0.3 is 10.1 Å². The van der Waals surface area contributed by atoms with Gasteiger partial charge in [0.05, 0.1) is 22.2 Å². The van der Waals surface area contributed by atoms with E-state index in [-0.39, 0.29) is 27.7 Å². The van der Waals surface area contributed by atoms with Gasteiger partial charge in [0.15, 0.2) is 11.6 Å². The normalized spacial score (nSPS) is 11.5. The molecule has 0 saturated heterocycles. The van der Waals surface area contributed by atoms with Crippen LogP contribution in [0.4, 0.5) is 24.7 Å². The molecule has 7 nitrogen and oxygen atoms in total. The van der Waals surface area contributed by atoms with E-state index >= 15 is 4.39 Å². The predicted molar refractivity (Wildman–Crippen MR) is 118 cm³/mol. The van der Waals surface area contributed by atoms with E-state index in [1.54, 1.807) is 25.1 Å². The van der Waals surface area contributed by atoms with Gasteiger partial charge in [-0.2, -0.15) is 8.78 Å². The van der Waals surface area contributed by atoms with Crippen molar-refractivity contribution in [2.75, 3.05) is 5.32 Å². The Morgan fingerprint density at radius 2 is 1.88 bits per heavy atom. The van der Waals surface area contributed by atoms with E-state index in [9.17, 15) is 8.78 Å². The van der Waals surface area contributed by atoms with Crippen molar-refractivity contribution in [3.63, 3.8) is 0 Å². The zero-order valence-corrected chi connectivity index (χ0v) is 17.7. The van der Waals surface area contributed by atoms with Crippen LogP contribution < -0.4 is 10.1 Å². The molecule has 3 aromatic heterocycles. The van der Waals surface area contributed by atoms with Gasteiger partial charge in [-0.05, 0) is 43.3 Å². The van der Waals surface area contributed by atoms with Gasteiger partial charge in [-0.3, -0.25) is 4.57 Å². The molecule has 5 rings (SSSR count). The van der Waals surface area contributed by atoms with E-state index in [2.05, 4.69) is 25.3 Å². The molecular weight excluding hydrogens is 457 g/mol. The number of rotatable bonds is 5. The maximum Gasteiger partial charge on any atom is 0.320 e. The number of benzene rings is 2. The molecule has 0 unspecified atom stereocenters. The molecule has 0 fully saturated rings. The minimum Gasteiger partial charge on any atom is -0.457 e. The molecular formula is C22H14ClF3N6O. The highest BCUT2D eigenvalue weighted by Crippen LogP contribution is 2.34. The minimum atomic E-state index is -2.70. The van der Waals surface area contributed by atoms with Crippen LogP contribution in [0.15, 0.2) is 55.1 Å². The molecule has 2 aromatic carbocycles. The van der Waals surface area contributed by atoms with E-state index in [4.69, 9.17) is 16.3 Å². The van der Waals surface area contributed by atoms with Gasteiger partial charge in [0.2, 0.25) is 0 Å². The third kappa shape index (κ3) is 3.89. The first kappa shape index (κ1) is 21.0. The summed E-state index contributed by atoms with van der Waals surface area (Å²) < 4.78 is 47.7. The number of fused-ring (bicyclic) bond motifs is 2. The lowest BCUT2D eigenvalue weighted by Gasteiger charge is -2.14. The van der Waals surface area contributed by atoms with E-state index in [0.717, 1.165) is 10.9 Å². The molecule has 0 saturated carbocycles. The number of halogens is 4. The zero-order valence-electron chi connectivity index (χ0n) is 16.9. The van der Waals surface area contributed by atoms with Crippen molar-refractivity contribution < 1.29 is 17.9 Å². The maximum atomic E-state index is 15.1. The average molecular weight is 471 g/mol. The van der Waals surface area contributed by atoms with Crippen molar-refractivity contribution in [2.24, 2.45) is 0 Å². The summed E-state index contributed by atoms with van der Waals surface area (Å²) in [7, 11) is 0. The first-order valence-corrected chi connectivity index (χ1v) is 10.0. The highest BCUT2D eigenvalue weighted by atomic mass is 35.5. The lowest BCUT2D eigenvalue weighted by Crippen LogP contribution is -2.01. The number of nitrogens with zero attached hydrogens (tertiary/aromatic N) is 5. The number of hydrogen-bond acceptors (Lipinski definition) is 6. The summed E-state index contributed by atoms with van der Waals surface area (Å²) in [4.78, 5) is 16.4. The summed E-state index contributed by atoms with van der Waals surface area (Å²) in [5.41, 5.74) is 1.96. The number of nitrogens with one attached hydrogen (secondary N) is 1. The topological polar surface area (TPSA) is 77.8 Å². The molecule has 1 N–H and O–H groups in total. The highest BCUT2D eigenvalue weighted by Gasteiger charge is 2.16. The zero-order chi connectivity index (χ0) is 23.1. The molecule has 0 amide bonds.